The predicted molar refractivity (Wildman–Crippen MR) is 64.6 cm³/mol. The van der Waals surface area contributed by atoms with Gasteiger partial charge < -0.3 is 17.0 Å². The maximum absolute atomic E-state index is 2.38. The monoisotopic (exact) mass is 285 g/mol. The largest absolute Gasteiger partial charge is 1.00 e. The third-order valence-corrected chi connectivity index (χ3v) is 2.94. The minimum absolute atomic E-state index is 0. The van der Waals surface area contributed by atoms with E-state index in [0.29, 0.717) is 0 Å². The molecule has 0 bridgehead atoms. The first kappa shape index (κ1) is 15.6. The summed E-state index contributed by atoms with van der Waals surface area (Å²) in [5.41, 5.74) is 0. The van der Waals surface area contributed by atoms with Gasteiger partial charge in [0.1, 0.15) is 6.54 Å². The molecule has 0 amide bonds. The Bertz CT molecular complexity index is 248. The topological polar surface area (TPSA) is 3.88 Å². The van der Waals surface area contributed by atoms with Crippen LogP contribution in [0.3, 0.4) is 0 Å². The van der Waals surface area contributed by atoms with E-state index in [1.807, 2.05) is 0 Å². The Kier molecular flexibility index (Phi) is 9.60. The van der Waals surface area contributed by atoms with Gasteiger partial charge in [-0.25, -0.2) is 4.57 Å². The quantitative estimate of drug-likeness (QED) is 0.646. The maximum atomic E-state index is 2.38. The minimum atomic E-state index is 0. The van der Waals surface area contributed by atoms with Crippen LogP contribution in [0.25, 0.3) is 0 Å². The zero-order valence-corrected chi connectivity index (χ0v) is 12.1. The molecule has 0 fully saturated rings. The molecule has 1 aromatic rings. The minimum Gasteiger partial charge on any atom is -1.00 e. The highest BCUT2D eigenvalue weighted by Gasteiger charge is 2.03. The Morgan fingerprint density at radius 3 is 2.25 bits per heavy atom. The van der Waals surface area contributed by atoms with Gasteiger partial charge in [0.15, 0.2) is 12.4 Å². The third-order valence-electron chi connectivity index (χ3n) is 2.94. The van der Waals surface area contributed by atoms with E-state index in [1.165, 1.54) is 32.1 Å². The number of aryl methyl sites for hydroxylation is 1. The van der Waals surface area contributed by atoms with Crippen molar-refractivity contribution in [2.45, 2.75) is 52.5 Å². The molecule has 0 radical (unpaired) electrons. The van der Waals surface area contributed by atoms with E-state index in [9.17, 15) is 0 Å². The van der Waals surface area contributed by atoms with Gasteiger partial charge >= 0.3 is 0 Å². The Balaban J connectivity index is 0.00000225. The van der Waals surface area contributed by atoms with Gasteiger partial charge in [-0.2, -0.15) is 0 Å². The molecule has 1 heterocycles. The summed E-state index contributed by atoms with van der Waals surface area (Å²) in [6, 6.07) is 6.27. The smallest absolute Gasteiger partial charge is 0.168 e. The molecular weight excluding hydrogens is 262 g/mol. The molecule has 0 saturated heterocycles. The number of hydrogen-bond acceptors (Lipinski definition) is 0. The molecule has 0 aliphatic rings. The number of rotatable bonds is 7. The van der Waals surface area contributed by atoms with Crippen molar-refractivity contribution in [2.75, 3.05) is 0 Å². The zero-order valence-electron chi connectivity index (χ0n) is 10.5. The Hall–Kier alpha value is -0.370. The molecule has 0 N–H and O–H groups in total. The van der Waals surface area contributed by atoms with Crippen LogP contribution in [0.5, 0.6) is 0 Å². The SMILES string of the molecule is CCCCC(C)CCC[n+]1ccccc1.[Br-]. The van der Waals surface area contributed by atoms with E-state index in [-0.39, 0.29) is 17.0 Å². The lowest BCUT2D eigenvalue weighted by Crippen LogP contribution is -3.00. The molecule has 1 unspecified atom stereocenters. The summed E-state index contributed by atoms with van der Waals surface area (Å²) >= 11 is 0. The van der Waals surface area contributed by atoms with Gasteiger partial charge in [-0.3, -0.25) is 0 Å². The molecule has 2 heteroatoms. The van der Waals surface area contributed by atoms with Gasteiger partial charge in [0.05, 0.1) is 0 Å². The lowest BCUT2D eigenvalue weighted by Gasteiger charge is -2.08. The Morgan fingerprint density at radius 1 is 1.00 bits per heavy atom. The van der Waals surface area contributed by atoms with Crippen LogP contribution in [-0.4, -0.2) is 0 Å². The maximum Gasteiger partial charge on any atom is 0.168 e. The van der Waals surface area contributed by atoms with Gasteiger partial charge in [-0.15, -0.1) is 0 Å². The van der Waals surface area contributed by atoms with Crippen LogP contribution in [0.15, 0.2) is 30.6 Å². The van der Waals surface area contributed by atoms with Crippen molar-refractivity contribution < 1.29 is 21.5 Å². The van der Waals surface area contributed by atoms with Crippen molar-refractivity contribution in [3.8, 4) is 0 Å². The van der Waals surface area contributed by atoms with E-state index in [1.54, 1.807) is 0 Å². The molecular formula is C14H24BrN. The third kappa shape index (κ3) is 7.00. The summed E-state index contributed by atoms with van der Waals surface area (Å²) in [7, 11) is 0. The zero-order chi connectivity index (χ0) is 10.9. The lowest BCUT2D eigenvalue weighted by molar-refractivity contribution is -0.697. The van der Waals surface area contributed by atoms with Gasteiger partial charge in [0.2, 0.25) is 0 Å². The second-order valence-corrected chi connectivity index (χ2v) is 4.50. The molecule has 1 rings (SSSR count). The fraction of sp³-hybridized carbons (Fsp3) is 0.643. The average molecular weight is 286 g/mol. The summed E-state index contributed by atoms with van der Waals surface area (Å²) < 4.78 is 2.27. The van der Waals surface area contributed by atoms with E-state index in [0.717, 1.165) is 12.5 Å². The molecule has 92 valence electrons. The van der Waals surface area contributed by atoms with Crippen LogP contribution in [0.4, 0.5) is 0 Å². The van der Waals surface area contributed by atoms with Crippen molar-refractivity contribution in [3.63, 3.8) is 0 Å². The molecule has 0 aromatic carbocycles. The lowest BCUT2D eigenvalue weighted by atomic mass is 9.99. The first-order valence-corrected chi connectivity index (χ1v) is 6.27. The van der Waals surface area contributed by atoms with Crippen molar-refractivity contribution in [3.05, 3.63) is 30.6 Å². The van der Waals surface area contributed by atoms with E-state index >= 15 is 0 Å². The number of unbranched alkanes of at least 4 members (excludes halogenated alkanes) is 1. The van der Waals surface area contributed by atoms with E-state index in [2.05, 4.69) is 49.0 Å². The molecule has 0 aliphatic heterocycles. The molecule has 0 saturated carbocycles. The van der Waals surface area contributed by atoms with Crippen LogP contribution in [0.2, 0.25) is 0 Å². The predicted octanol–water partition coefficient (Wildman–Crippen LogP) is 0.585. The summed E-state index contributed by atoms with van der Waals surface area (Å²) in [5, 5.41) is 0. The first-order chi connectivity index (χ1) is 7.33. The fourth-order valence-corrected chi connectivity index (χ4v) is 1.90. The highest BCUT2D eigenvalue weighted by atomic mass is 79.9. The number of halogens is 1. The fourth-order valence-electron chi connectivity index (χ4n) is 1.90. The summed E-state index contributed by atoms with van der Waals surface area (Å²) in [5.74, 6) is 0.897. The van der Waals surface area contributed by atoms with Gasteiger partial charge in [-0.1, -0.05) is 39.2 Å². The van der Waals surface area contributed by atoms with Gasteiger partial charge in [0.25, 0.3) is 0 Å². The van der Waals surface area contributed by atoms with Crippen LogP contribution in [0, 0.1) is 5.92 Å². The summed E-state index contributed by atoms with van der Waals surface area (Å²) in [6.07, 6.45) is 11.1. The Labute approximate surface area is 111 Å². The van der Waals surface area contributed by atoms with Gasteiger partial charge in [0, 0.05) is 18.6 Å². The van der Waals surface area contributed by atoms with Crippen molar-refractivity contribution in [1.82, 2.24) is 0 Å². The molecule has 16 heavy (non-hydrogen) atoms. The number of pyridine rings is 1. The molecule has 1 atom stereocenters. The standard InChI is InChI=1S/C14H24N.BrH/c1-3-4-9-14(2)10-8-13-15-11-6-5-7-12-15;/h5-7,11-12,14H,3-4,8-10,13H2,1-2H3;1H/q+1;/p-1. The molecule has 1 aromatic heterocycles. The van der Waals surface area contributed by atoms with Crippen LogP contribution in [0.1, 0.15) is 46.0 Å². The van der Waals surface area contributed by atoms with Crippen LogP contribution < -0.4 is 21.5 Å². The first-order valence-electron chi connectivity index (χ1n) is 6.27. The highest BCUT2D eigenvalue weighted by Crippen LogP contribution is 2.13. The summed E-state index contributed by atoms with van der Waals surface area (Å²) in [6.45, 7) is 5.81. The Morgan fingerprint density at radius 2 is 1.62 bits per heavy atom. The highest BCUT2D eigenvalue weighted by molar-refractivity contribution is 4.83. The molecule has 0 aliphatic carbocycles. The van der Waals surface area contributed by atoms with Gasteiger partial charge in [-0.05, 0) is 12.3 Å². The number of aromatic nitrogens is 1. The van der Waals surface area contributed by atoms with Crippen molar-refractivity contribution >= 4 is 0 Å². The summed E-state index contributed by atoms with van der Waals surface area (Å²) in [4.78, 5) is 0. The normalized spacial score (nSPS) is 11.9. The van der Waals surface area contributed by atoms with Crippen LogP contribution >= 0.6 is 0 Å². The second-order valence-electron chi connectivity index (χ2n) is 4.50. The van der Waals surface area contributed by atoms with Crippen molar-refractivity contribution in [1.29, 1.82) is 0 Å². The van der Waals surface area contributed by atoms with Crippen molar-refractivity contribution in [2.24, 2.45) is 5.92 Å². The molecule has 0 spiro atoms. The second kappa shape index (κ2) is 9.83. The number of nitrogens with zero attached hydrogens (tertiary/aromatic N) is 1. The van der Waals surface area contributed by atoms with Crippen LogP contribution in [-0.2, 0) is 6.54 Å². The van der Waals surface area contributed by atoms with E-state index < -0.39 is 0 Å². The molecule has 1 nitrogen and oxygen atoms in total. The van der Waals surface area contributed by atoms with E-state index in [4.69, 9.17) is 0 Å². The number of hydrogen-bond donors (Lipinski definition) is 0. The average Bonchev–Trinajstić information content (AvgIpc) is 2.28.